The molecule has 1 aromatic carbocycles. The number of nitrogens with zero attached hydrogens (tertiary/aromatic N) is 5. The van der Waals surface area contributed by atoms with Crippen molar-refractivity contribution in [2.75, 3.05) is 5.32 Å². The predicted molar refractivity (Wildman–Crippen MR) is 104 cm³/mol. The van der Waals surface area contributed by atoms with E-state index in [1.165, 1.54) is 6.20 Å². The number of aryl methyl sites for hydroxylation is 1. The quantitative estimate of drug-likeness (QED) is 0.470. The molecule has 3 N–H and O–H groups in total. The number of aromatic nitrogens is 5. The molecule has 0 radical (unpaired) electrons. The van der Waals surface area contributed by atoms with Gasteiger partial charge >= 0.3 is 5.97 Å². The van der Waals surface area contributed by atoms with Gasteiger partial charge in [0.25, 0.3) is 0 Å². The molecule has 0 bridgehead atoms. The van der Waals surface area contributed by atoms with E-state index in [0.29, 0.717) is 34.1 Å². The van der Waals surface area contributed by atoms with E-state index in [-0.39, 0.29) is 11.4 Å². The number of hydrogen-bond acceptors (Lipinski definition) is 8. The van der Waals surface area contributed by atoms with Crippen molar-refractivity contribution in [2.24, 2.45) is 0 Å². The van der Waals surface area contributed by atoms with Gasteiger partial charge in [-0.15, -0.1) is 0 Å². The topological polar surface area (TPSA) is 140 Å². The van der Waals surface area contributed by atoms with Gasteiger partial charge in [0.2, 0.25) is 11.0 Å². The highest BCUT2D eigenvalue weighted by molar-refractivity contribution is 7.09. The molecule has 0 saturated carbocycles. The summed E-state index contributed by atoms with van der Waals surface area (Å²) in [4.78, 5) is 27.6. The lowest BCUT2D eigenvalue weighted by Gasteiger charge is -2.09. The lowest BCUT2D eigenvalue weighted by molar-refractivity contribution is 0.0699. The van der Waals surface area contributed by atoms with Crippen LogP contribution in [0.5, 0.6) is 0 Å². The molecule has 0 fully saturated rings. The first kappa shape index (κ1) is 17.6. The molecule has 10 heteroatoms. The van der Waals surface area contributed by atoms with Crippen molar-refractivity contribution in [3.8, 4) is 17.3 Å². The number of carboxylic acid groups (broad SMARTS) is 1. The van der Waals surface area contributed by atoms with Crippen LogP contribution >= 0.6 is 11.5 Å². The maximum absolute atomic E-state index is 11.6. The lowest BCUT2D eigenvalue weighted by Crippen LogP contribution is -2.00. The minimum atomic E-state index is -1.05. The van der Waals surface area contributed by atoms with E-state index in [1.807, 2.05) is 37.3 Å². The number of aromatic amines is 1. The van der Waals surface area contributed by atoms with Crippen molar-refractivity contribution in [2.45, 2.75) is 13.3 Å². The molecule has 0 saturated heterocycles. The van der Waals surface area contributed by atoms with Crippen LogP contribution in [0.4, 0.5) is 10.8 Å². The zero-order chi connectivity index (χ0) is 19.7. The zero-order valence-electron chi connectivity index (χ0n) is 14.6. The Labute approximate surface area is 162 Å². The van der Waals surface area contributed by atoms with Crippen molar-refractivity contribution >= 4 is 39.4 Å². The summed E-state index contributed by atoms with van der Waals surface area (Å²) >= 11 is 1.08. The number of nitriles is 1. The second-order valence-electron chi connectivity index (χ2n) is 5.81. The molecule has 0 unspecified atom stereocenters. The Morgan fingerprint density at radius 1 is 1.36 bits per heavy atom. The third-order valence-electron chi connectivity index (χ3n) is 4.04. The van der Waals surface area contributed by atoms with Gasteiger partial charge in [0.05, 0.1) is 16.6 Å². The smallest absolute Gasteiger partial charge is 0.338 e. The summed E-state index contributed by atoms with van der Waals surface area (Å²) in [6, 6.07) is 9.25. The van der Waals surface area contributed by atoms with E-state index in [4.69, 9.17) is 5.26 Å². The van der Waals surface area contributed by atoms with Crippen molar-refractivity contribution in [1.82, 2.24) is 24.3 Å². The molecule has 0 spiro atoms. The summed E-state index contributed by atoms with van der Waals surface area (Å²) in [7, 11) is 0. The number of benzene rings is 1. The van der Waals surface area contributed by atoms with Crippen LogP contribution in [0.2, 0.25) is 0 Å². The number of anilines is 2. The van der Waals surface area contributed by atoms with Crippen LogP contribution in [0.15, 0.2) is 30.5 Å². The van der Waals surface area contributed by atoms with Crippen molar-refractivity contribution in [3.05, 3.63) is 47.7 Å². The minimum Gasteiger partial charge on any atom is -0.478 e. The second kappa shape index (κ2) is 7.05. The van der Waals surface area contributed by atoms with Gasteiger partial charge in [0.15, 0.2) is 0 Å². The van der Waals surface area contributed by atoms with Crippen molar-refractivity contribution in [1.29, 1.82) is 5.26 Å². The highest BCUT2D eigenvalue weighted by Crippen LogP contribution is 2.31. The zero-order valence-corrected chi connectivity index (χ0v) is 15.4. The Hall–Kier alpha value is -3.84. The van der Waals surface area contributed by atoms with Gasteiger partial charge in [-0.3, -0.25) is 0 Å². The Morgan fingerprint density at radius 3 is 2.93 bits per heavy atom. The summed E-state index contributed by atoms with van der Waals surface area (Å²) in [6.45, 7) is 1.94. The number of nitrogens with one attached hydrogen (secondary N) is 2. The van der Waals surface area contributed by atoms with Gasteiger partial charge in [-0.05, 0) is 12.1 Å². The molecule has 9 nitrogen and oxygen atoms in total. The molecule has 0 aliphatic carbocycles. The molecule has 3 heterocycles. The Bertz CT molecular complexity index is 1240. The summed E-state index contributed by atoms with van der Waals surface area (Å²) < 4.78 is 3.92. The van der Waals surface area contributed by atoms with E-state index in [2.05, 4.69) is 29.6 Å². The van der Waals surface area contributed by atoms with Gasteiger partial charge in [-0.2, -0.15) is 14.6 Å². The molecule has 3 aromatic heterocycles. The first-order valence-corrected chi connectivity index (χ1v) is 9.09. The van der Waals surface area contributed by atoms with Crippen LogP contribution in [-0.4, -0.2) is 35.4 Å². The fourth-order valence-electron chi connectivity index (χ4n) is 2.80. The Kier molecular flexibility index (Phi) is 4.42. The Morgan fingerprint density at radius 2 is 2.21 bits per heavy atom. The summed E-state index contributed by atoms with van der Waals surface area (Å²) in [5.41, 5.74) is 2.60. The molecule has 28 heavy (non-hydrogen) atoms. The van der Waals surface area contributed by atoms with Crippen LogP contribution < -0.4 is 5.32 Å². The van der Waals surface area contributed by atoms with E-state index in [0.717, 1.165) is 22.8 Å². The maximum atomic E-state index is 11.6. The molecular formula is C18H13N7O2S. The highest BCUT2D eigenvalue weighted by atomic mass is 32.1. The van der Waals surface area contributed by atoms with Crippen LogP contribution in [0, 0.1) is 11.3 Å². The van der Waals surface area contributed by atoms with Crippen LogP contribution in [0.3, 0.4) is 0 Å². The van der Waals surface area contributed by atoms with Gasteiger partial charge in [-0.1, -0.05) is 19.1 Å². The standard InChI is InChI=1S/C18H13N7O2S/c1-2-12-22-15(14-11(17(26)27)8-20-16(14)23-12)9-4-3-5-10(6-9)21-18-24-13(7-19)25-28-18/h3-6,8H,2H2,1H3,(H,26,27)(H,20,22,23)(H,21,24,25). The fourth-order valence-corrected chi connectivity index (χ4v) is 3.35. The maximum Gasteiger partial charge on any atom is 0.338 e. The van der Waals surface area contributed by atoms with Crippen LogP contribution in [0.1, 0.15) is 28.9 Å². The van der Waals surface area contributed by atoms with E-state index >= 15 is 0 Å². The first-order valence-electron chi connectivity index (χ1n) is 8.31. The monoisotopic (exact) mass is 391 g/mol. The largest absolute Gasteiger partial charge is 0.478 e. The minimum absolute atomic E-state index is 0.104. The third kappa shape index (κ3) is 3.15. The van der Waals surface area contributed by atoms with Crippen LogP contribution in [0.25, 0.3) is 22.3 Å². The van der Waals surface area contributed by atoms with E-state index < -0.39 is 5.97 Å². The van der Waals surface area contributed by atoms with Crippen molar-refractivity contribution in [3.63, 3.8) is 0 Å². The van der Waals surface area contributed by atoms with Crippen LogP contribution in [-0.2, 0) is 6.42 Å². The van der Waals surface area contributed by atoms with Gasteiger partial charge < -0.3 is 15.4 Å². The molecule has 138 valence electrons. The van der Waals surface area contributed by atoms with Gasteiger partial charge in [0.1, 0.15) is 17.5 Å². The average Bonchev–Trinajstić information content (AvgIpc) is 3.34. The first-order chi connectivity index (χ1) is 13.6. The summed E-state index contributed by atoms with van der Waals surface area (Å²) in [6.07, 6.45) is 2.04. The molecule has 0 atom stereocenters. The molecular weight excluding hydrogens is 378 g/mol. The molecule has 4 rings (SSSR count). The SMILES string of the molecule is CCc1nc(-c2cccc(Nc3nc(C#N)ns3)c2)c2c(C(=O)O)c[nH]c2n1. The number of rotatable bonds is 5. The predicted octanol–water partition coefficient (Wildman–Crippen LogP) is 3.35. The molecule has 4 aromatic rings. The van der Waals surface area contributed by atoms with E-state index in [9.17, 15) is 9.90 Å². The number of fused-ring (bicyclic) bond motifs is 1. The van der Waals surface area contributed by atoms with Gasteiger partial charge in [0, 0.05) is 35.4 Å². The average molecular weight is 391 g/mol. The summed E-state index contributed by atoms with van der Waals surface area (Å²) in [5, 5.41) is 22.4. The van der Waals surface area contributed by atoms with Gasteiger partial charge in [-0.25, -0.2) is 14.8 Å². The number of H-pyrrole nitrogens is 1. The Balaban J connectivity index is 1.82. The fraction of sp³-hybridized carbons (Fsp3) is 0.111. The number of aromatic carboxylic acids is 1. The lowest BCUT2D eigenvalue weighted by atomic mass is 10.1. The normalized spacial score (nSPS) is 10.7. The summed E-state index contributed by atoms with van der Waals surface area (Å²) in [5.74, 6) is -0.331. The highest BCUT2D eigenvalue weighted by Gasteiger charge is 2.19. The molecule has 0 aliphatic heterocycles. The molecule has 0 amide bonds. The van der Waals surface area contributed by atoms with E-state index in [1.54, 1.807) is 0 Å². The third-order valence-corrected chi connectivity index (χ3v) is 4.67. The number of hydrogen-bond donors (Lipinski definition) is 3. The second-order valence-corrected chi connectivity index (χ2v) is 6.57. The number of carboxylic acids is 1. The van der Waals surface area contributed by atoms with Crippen molar-refractivity contribution < 1.29 is 9.90 Å². The molecule has 0 aliphatic rings. The number of carbonyl (C=O) groups is 1.